The van der Waals surface area contributed by atoms with Crippen molar-refractivity contribution < 1.29 is 28.6 Å². The fourth-order valence-corrected chi connectivity index (χ4v) is 3.59. The quantitative estimate of drug-likeness (QED) is 0.651. The second-order valence-corrected chi connectivity index (χ2v) is 7.02. The summed E-state index contributed by atoms with van der Waals surface area (Å²) in [6.07, 6.45) is 0. The number of imide groups is 1. The first-order chi connectivity index (χ1) is 15.5. The fraction of sp³-hybridized carbons (Fsp3) is 0.286. The first kappa shape index (κ1) is 21.1. The van der Waals surface area contributed by atoms with Gasteiger partial charge in [-0.05, 0) is 36.4 Å². The molecule has 166 valence electrons. The molecule has 0 aromatic heterocycles. The number of nitrogens with one attached hydrogen (secondary N) is 1. The van der Waals surface area contributed by atoms with E-state index in [1.54, 1.807) is 43.5 Å². The summed E-state index contributed by atoms with van der Waals surface area (Å²) in [7, 11) is 4.50. The number of amides is 3. The van der Waals surface area contributed by atoms with Crippen LogP contribution in [-0.4, -0.2) is 62.7 Å². The predicted molar refractivity (Wildman–Crippen MR) is 113 cm³/mol. The predicted octanol–water partition coefficient (Wildman–Crippen LogP) is 1.64. The van der Waals surface area contributed by atoms with Crippen LogP contribution in [-0.2, 0) is 14.4 Å². The van der Waals surface area contributed by atoms with Gasteiger partial charge in [-0.1, -0.05) is 5.22 Å². The van der Waals surface area contributed by atoms with Crippen molar-refractivity contribution in [2.24, 2.45) is 10.3 Å². The van der Waals surface area contributed by atoms with Crippen LogP contribution in [0.25, 0.3) is 0 Å². The van der Waals surface area contributed by atoms with Crippen LogP contribution in [0.1, 0.15) is 0 Å². The highest BCUT2D eigenvalue weighted by Gasteiger charge is 2.55. The Morgan fingerprint density at radius 3 is 2.34 bits per heavy atom. The lowest BCUT2D eigenvalue weighted by Gasteiger charge is -2.20. The van der Waals surface area contributed by atoms with E-state index >= 15 is 0 Å². The molecule has 2 atom stereocenters. The zero-order valence-electron chi connectivity index (χ0n) is 17.6. The van der Waals surface area contributed by atoms with Crippen molar-refractivity contribution in [1.82, 2.24) is 5.01 Å². The van der Waals surface area contributed by atoms with E-state index in [1.165, 1.54) is 25.3 Å². The van der Waals surface area contributed by atoms with Gasteiger partial charge in [-0.3, -0.25) is 19.4 Å². The smallest absolute Gasteiger partial charge is 0.263 e. The molecule has 2 aliphatic rings. The minimum atomic E-state index is -1.01. The molecule has 0 radical (unpaired) electrons. The third-order valence-corrected chi connectivity index (χ3v) is 5.16. The minimum absolute atomic E-state index is 0.241. The Kier molecular flexibility index (Phi) is 5.63. The van der Waals surface area contributed by atoms with Gasteiger partial charge in [0.15, 0.2) is 23.6 Å². The second-order valence-electron chi connectivity index (χ2n) is 7.02. The van der Waals surface area contributed by atoms with Crippen LogP contribution >= 0.6 is 0 Å². The first-order valence-corrected chi connectivity index (χ1v) is 9.68. The Hall–Kier alpha value is -4.15. The van der Waals surface area contributed by atoms with E-state index < -0.39 is 29.8 Å². The number of fused-ring (bicyclic) bond motifs is 1. The highest BCUT2D eigenvalue weighted by molar-refractivity contribution is 6.25. The van der Waals surface area contributed by atoms with Crippen molar-refractivity contribution in [3.05, 3.63) is 42.5 Å². The van der Waals surface area contributed by atoms with Crippen molar-refractivity contribution in [1.29, 1.82) is 0 Å². The van der Waals surface area contributed by atoms with Gasteiger partial charge in [0.05, 0.1) is 27.0 Å². The molecular weight excluding hydrogens is 418 g/mol. The van der Waals surface area contributed by atoms with Gasteiger partial charge in [-0.2, -0.15) is 5.11 Å². The van der Waals surface area contributed by atoms with Crippen LogP contribution in [0.15, 0.2) is 52.8 Å². The van der Waals surface area contributed by atoms with Crippen molar-refractivity contribution in [3.63, 3.8) is 0 Å². The Labute approximate surface area is 183 Å². The number of anilines is 2. The highest BCUT2D eigenvalue weighted by Crippen LogP contribution is 2.36. The molecule has 11 nitrogen and oxygen atoms in total. The lowest BCUT2D eigenvalue weighted by molar-refractivity contribution is -0.123. The van der Waals surface area contributed by atoms with E-state index in [0.717, 1.165) is 4.90 Å². The number of hydrogen-bond donors (Lipinski definition) is 1. The molecule has 0 bridgehead atoms. The van der Waals surface area contributed by atoms with Gasteiger partial charge in [0, 0.05) is 11.8 Å². The Bertz CT molecular complexity index is 1090. The molecule has 1 fully saturated rings. The van der Waals surface area contributed by atoms with Crippen molar-refractivity contribution in [2.45, 2.75) is 12.1 Å². The lowest BCUT2D eigenvalue weighted by Crippen LogP contribution is -2.43. The van der Waals surface area contributed by atoms with Crippen LogP contribution in [0.3, 0.4) is 0 Å². The number of rotatable bonds is 7. The Morgan fingerprint density at radius 2 is 1.69 bits per heavy atom. The van der Waals surface area contributed by atoms with Crippen molar-refractivity contribution in [2.75, 3.05) is 38.1 Å². The maximum atomic E-state index is 13.1. The number of benzene rings is 2. The van der Waals surface area contributed by atoms with Crippen LogP contribution in [0, 0.1) is 0 Å². The normalized spacial score (nSPS) is 19.2. The van der Waals surface area contributed by atoms with Crippen LogP contribution in [0.4, 0.5) is 11.4 Å². The third kappa shape index (κ3) is 3.68. The fourth-order valence-electron chi connectivity index (χ4n) is 3.59. The molecule has 3 amide bonds. The molecule has 1 N–H and O–H groups in total. The largest absolute Gasteiger partial charge is 0.497 e. The molecular formula is C21H21N5O6. The number of ether oxygens (including phenoxy) is 3. The first-order valence-electron chi connectivity index (χ1n) is 9.68. The van der Waals surface area contributed by atoms with E-state index in [2.05, 4.69) is 15.7 Å². The summed E-state index contributed by atoms with van der Waals surface area (Å²) in [5, 5.41) is 11.8. The summed E-state index contributed by atoms with van der Waals surface area (Å²) in [4.78, 5) is 39.5. The molecule has 0 saturated carbocycles. The molecule has 2 aromatic carbocycles. The highest BCUT2D eigenvalue weighted by atomic mass is 16.5. The van der Waals surface area contributed by atoms with Gasteiger partial charge in [0.25, 0.3) is 11.8 Å². The maximum absolute atomic E-state index is 13.1. The summed E-state index contributed by atoms with van der Waals surface area (Å²) in [5.41, 5.74) is 0.883. The van der Waals surface area contributed by atoms with Crippen LogP contribution in [0.5, 0.6) is 17.2 Å². The second kappa shape index (κ2) is 8.53. The summed E-state index contributed by atoms with van der Waals surface area (Å²) in [5.74, 6) is 0.0552. The molecule has 0 spiro atoms. The standard InChI is InChI=1S/C21H21N5O6/c1-30-14-7-4-12(5-8-14)22-17(27)11-25-19-18(23-24-25)20(28)26(21(19)29)13-6-9-15(31-2)16(10-13)32-3/h4-10,18-19H,11H2,1-3H3,(H,22,27). The lowest BCUT2D eigenvalue weighted by atomic mass is 10.1. The van der Waals surface area contributed by atoms with Crippen molar-refractivity contribution in [3.8, 4) is 17.2 Å². The third-order valence-electron chi connectivity index (χ3n) is 5.16. The van der Waals surface area contributed by atoms with E-state index in [9.17, 15) is 14.4 Å². The van der Waals surface area contributed by atoms with Gasteiger partial charge in [-0.25, -0.2) is 4.90 Å². The van der Waals surface area contributed by atoms with Crippen molar-refractivity contribution >= 4 is 29.1 Å². The number of carbonyl (C=O) groups is 3. The Morgan fingerprint density at radius 1 is 0.969 bits per heavy atom. The summed E-state index contributed by atoms with van der Waals surface area (Å²) in [6, 6.07) is 9.51. The van der Waals surface area contributed by atoms with Gasteiger partial charge < -0.3 is 19.5 Å². The summed E-state index contributed by atoms with van der Waals surface area (Å²) >= 11 is 0. The van der Waals surface area contributed by atoms with Gasteiger partial charge in [0.1, 0.15) is 12.3 Å². The molecule has 2 unspecified atom stereocenters. The van der Waals surface area contributed by atoms with Gasteiger partial charge >= 0.3 is 0 Å². The van der Waals surface area contributed by atoms with Crippen LogP contribution < -0.4 is 24.4 Å². The van der Waals surface area contributed by atoms with E-state index in [4.69, 9.17) is 14.2 Å². The van der Waals surface area contributed by atoms with Gasteiger partial charge in [0.2, 0.25) is 5.91 Å². The zero-order valence-corrected chi connectivity index (χ0v) is 17.6. The number of nitrogens with zero attached hydrogens (tertiary/aromatic N) is 4. The van der Waals surface area contributed by atoms with Crippen LogP contribution in [0.2, 0.25) is 0 Å². The minimum Gasteiger partial charge on any atom is -0.497 e. The maximum Gasteiger partial charge on any atom is 0.263 e. The van der Waals surface area contributed by atoms with E-state index in [1.807, 2.05) is 0 Å². The van der Waals surface area contributed by atoms with E-state index in [0.29, 0.717) is 28.6 Å². The number of hydrogen-bond acceptors (Lipinski definition) is 9. The van der Waals surface area contributed by atoms with E-state index in [-0.39, 0.29) is 6.54 Å². The molecule has 2 aromatic rings. The molecule has 0 aliphatic carbocycles. The molecule has 32 heavy (non-hydrogen) atoms. The molecule has 2 heterocycles. The molecule has 4 rings (SSSR count). The average Bonchev–Trinajstić information content (AvgIpc) is 3.32. The van der Waals surface area contributed by atoms with Gasteiger partial charge in [-0.15, -0.1) is 0 Å². The summed E-state index contributed by atoms with van der Waals surface area (Å²) in [6.45, 7) is -0.241. The number of carbonyl (C=O) groups excluding carboxylic acids is 3. The SMILES string of the molecule is COc1ccc(NC(=O)CN2N=NC3C(=O)N(c4ccc(OC)c(OC)c4)C(=O)C32)cc1. The zero-order chi connectivity index (χ0) is 22.8. The molecule has 11 heteroatoms. The molecule has 1 saturated heterocycles. The molecule has 2 aliphatic heterocycles. The topological polar surface area (TPSA) is 122 Å². The average molecular weight is 439 g/mol. The summed E-state index contributed by atoms with van der Waals surface area (Å²) < 4.78 is 15.5. The Balaban J connectivity index is 1.48. The monoisotopic (exact) mass is 439 g/mol. The number of methoxy groups -OCH3 is 3.